The first-order valence-corrected chi connectivity index (χ1v) is 5.84. The van der Waals surface area contributed by atoms with Crippen LogP contribution in [0.3, 0.4) is 0 Å². The summed E-state index contributed by atoms with van der Waals surface area (Å²) in [4.78, 5) is 14.9. The van der Waals surface area contributed by atoms with Crippen molar-refractivity contribution in [2.75, 3.05) is 0 Å². The average Bonchev–Trinajstić information content (AvgIpc) is 2.67. The average molecular weight is 239 g/mol. The Balaban J connectivity index is 2.51. The summed E-state index contributed by atoms with van der Waals surface area (Å²) in [6.07, 6.45) is 1.87. The normalized spacial score (nSPS) is 11.0. The molecule has 3 nitrogen and oxygen atoms in total. The maximum absolute atomic E-state index is 11.6. The summed E-state index contributed by atoms with van der Waals surface area (Å²) in [5.41, 5.74) is 2.65. The van der Waals surface area contributed by atoms with Crippen molar-refractivity contribution < 1.29 is 4.42 Å². The van der Waals surface area contributed by atoms with E-state index in [1.165, 1.54) is 6.07 Å². The molecule has 0 radical (unpaired) electrons. The number of nitrogens with one attached hydrogen (secondary N) is 1. The number of benzene rings is 1. The van der Waals surface area contributed by atoms with Gasteiger partial charge < -0.3 is 9.40 Å². The Labute approximate surface area is 104 Å². The molecule has 1 N–H and O–H groups in total. The molecule has 0 aliphatic rings. The van der Waals surface area contributed by atoms with Crippen molar-refractivity contribution in [1.82, 2.24) is 4.98 Å². The quantitative estimate of drug-likeness (QED) is 0.703. The Morgan fingerprint density at radius 2 is 2.00 bits per heavy atom. The standard InChI is InChI=1S/C15H13NO2/c1-9(2)7-13-15-11(8-14(17)18-13)10-5-3-4-6-12(10)16-15/h3-8,16H,1-2H3. The van der Waals surface area contributed by atoms with E-state index in [2.05, 4.69) is 4.98 Å². The minimum Gasteiger partial charge on any atom is -0.421 e. The molecule has 3 heteroatoms. The molecule has 1 aromatic carbocycles. The third-order valence-corrected chi connectivity index (χ3v) is 2.89. The molecule has 0 aliphatic carbocycles. The maximum atomic E-state index is 11.6. The number of fused-ring (bicyclic) bond motifs is 3. The summed E-state index contributed by atoms with van der Waals surface area (Å²) in [5.74, 6) is 0.591. The van der Waals surface area contributed by atoms with Crippen molar-refractivity contribution in [2.45, 2.75) is 13.8 Å². The van der Waals surface area contributed by atoms with Crippen LogP contribution in [0.25, 0.3) is 27.9 Å². The summed E-state index contributed by atoms with van der Waals surface area (Å²) >= 11 is 0. The van der Waals surface area contributed by atoms with E-state index in [0.717, 1.165) is 27.4 Å². The smallest absolute Gasteiger partial charge is 0.336 e. The van der Waals surface area contributed by atoms with Gasteiger partial charge in [-0.15, -0.1) is 0 Å². The molecule has 0 aliphatic heterocycles. The molecule has 18 heavy (non-hydrogen) atoms. The Kier molecular flexibility index (Phi) is 2.33. The van der Waals surface area contributed by atoms with Crippen LogP contribution in [0.1, 0.15) is 19.6 Å². The molecule has 0 fully saturated rings. The van der Waals surface area contributed by atoms with Crippen LogP contribution in [-0.2, 0) is 0 Å². The van der Waals surface area contributed by atoms with Gasteiger partial charge in [-0.2, -0.15) is 0 Å². The number of hydrogen-bond acceptors (Lipinski definition) is 2. The molecular formula is C15H13NO2. The zero-order valence-corrected chi connectivity index (χ0v) is 10.3. The number of para-hydroxylation sites is 1. The number of rotatable bonds is 1. The zero-order valence-electron chi connectivity index (χ0n) is 10.3. The fourth-order valence-corrected chi connectivity index (χ4v) is 2.18. The van der Waals surface area contributed by atoms with Crippen molar-refractivity contribution in [3.63, 3.8) is 0 Å². The number of hydrogen-bond donors (Lipinski definition) is 1. The summed E-state index contributed by atoms with van der Waals surface area (Å²) in [6, 6.07) is 9.46. The van der Waals surface area contributed by atoms with E-state index in [4.69, 9.17) is 4.42 Å². The third kappa shape index (κ3) is 1.64. The summed E-state index contributed by atoms with van der Waals surface area (Å²) < 4.78 is 5.27. The Morgan fingerprint density at radius 1 is 1.22 bits per heavy atom. The van der Waals surface area contributed by atoms with Gasteiger partial charge in [0.1, 0.15) is 0 Å². The predicted octanol–water partition coefficient (Wildman–Crippen LogP) is 3.70. The molecule has 90 valence electrons. The molecule has 2 heterocycles. The Morgan fingerprint density at radius 3 is 2.78 bits per heavy atom. The third-order valence-electron chi connectivity index (χ3n) is 2.89. The lowest BCUT2D eigenvalue weighted by molar-refractivity contribution is 0.507. The van der Waals surface area contributed by atoms with E-state index >= 15 is 0 Å². The van der Waals surface area contributed by atoms with Crippen molar-refractivity contribution in [3.05, 3.63) is 52.1 Å². The molecule has 0 atom stereocenters. The topological polar surface area (TPSA) is 46.0 Å². The highest BCUT2D eigenvalue weighted by Gasteiger charge is 2.09. The highest BCUT2D eigenvalue weighted by atomic mass is 16.4. The van der Waals surface area contributed by atoms with Crippen LogP contribution in [0, 0.1) is 0 Å². The second-order valence-corrected chi connectivity index (χ2v) is 4.61. The van der Waals surface area contributed by atoms with Gasteiger partial charge in [-0.1, -0.05) is 23.8 Å². The van der Waals surface area contributed by atoms with Gasteiger partial charge in [0.15, 0.2) is 5.76 Å². The van der Waals surface area contributed by atoms with Crippen LogP contribution in [-0.4, -0.2) is 4.98 Å². The molecular weight excluding hydrogens is 226 g/mol. The lowest BCUT2D eigenvalue weighted by atomic mass is 10.1. The van der Waals surface area contributed by atoms with Crippen LogP contribution in [0.15, 0.2) is 45.1 Å². The van der Waals surface area contributed by atoms with E-state index in [9.17, 15) is 4.79 Å². The number of H-pyrrole nitrogens is 1. The molecule has 0 saturated carbocycles. The predicted molar refractivity (Wildman–Crippen MR) is 73.7 cm³/mol. The highest BCUT2D eigenvalue weighted by molar-refractivity contribution is 6.08. The Bertz CT molecular complexity index is 817. The van der Waals surface area contributed by atoms with Gasteiger partial charge in [-0.25, -0.2) is 4.79 Å². The highest BCUT2D eigenvalue weighted by Crippen LogP contribution is 2.27. The van der Waals surface area contributed by atoms with Crippen LogP contribution < -0.4 is 5.63 Å². The van der Waals surface area contributed by atoms with Gasteiger partial charge in [0, 0.05) is 22.4 Å². The van der Waals surface area contributed by atoms with Crippen molar-refractivity contribution in [1.29, 1.82) is 0 Å². The SMILES string of the molecule is CC(C)=Cc1oc(=O)cc2c1[nH]c1ccccc12. The largest absolute Gasteiger partial charge is 0.421 e. The number of aromatic amines is 1. The zero-order chi connectivity index (χ0) is 12.7. The fraction of sp³-hybridized carbons (Fsp3) is 0.133. The summed E-state index contributed by atoms with van der Waals surface area (Å²) in [5, 5.41) is 1.96. The van der Waals surface area contributed by atoms with Crippen LogP contribution in [0.2, 0.25) is 0 Å². The molecule has 0 spiro atoms. The van der Waals surface area contributed by atoms with E-state index in [-0.39, 0.29) is 5.63 Å². The first-order chi connectivity index (χ1) is 8.65. The van der Waals surface area contributed by atoms with Gasteiger partial charge in [0.25, 0.3) is 0 Å². The maximum Gasteiger partial charge on any atom is 0.336 e. The Hall–Kier alpha value is -2.29. The van der Waals surface area contributed by atoms with Crippen molar-refractivity contribution >= 4 is 27.9 Å². The summed E-state index contributed by atoms with van der Waals surface area (Å²) in [7, 11) is 0. The first kappa shape index (κ1) is 10.8. The molecule has 3 rings (SSSR count). The second-order valence-electron chi connectivity index (χ2n) is 4.61. The van der Waals surface area contributed by atoms with Gasteiger partial charge in [-0.05, 0) is 26.0 Å². The minimum absolute atomic E-state index is 0.320. The molecule has 0 saturated heterocycles. The lowest BCUT2D eigenvalue weighted by Crippen LogP contribution is -1.97. The molecule has 0 unspecified atom stereocenters. The molecule has 0 amide bonds. The van der Waals surface area contributed by atoms with E-state index in [0.29, 0.717) is 5.76 Å². The van der Waals surface area contributed by atoms with Crippen LogP contribution in [0.5, 0.6) is 0 Å². The second kappa shape index (κ2) is 3.88. The van der Waals surface area contributed by atoms with Crippen LogP contribution >= 0.6 is 0 Å². The van der Waals surface area contributed by atoms with Gasteiger partial charge in [0.05, 0.1) is 5.52 Å². The summed E-state index contributed by atoms with van der Waals surface area (Å²) in [6.45, 7) is 3.95. The monoisotopic (exact) mass is 239 g/mol. The van der Waals surface area contributed by atoms with E-state index < -0.39 is 0 Å². The van der Waals surface area contributed by atoms with E-state index in [1.54, 1.807) is 0 Å². The van der Waals surface area contributed by atoms with E-state index in [1.807, 2.05) is 44.2 Å². The van der Waals surface area contributed by atoms with Gasteiger partial charge in [0.2, 0.25) is 0 Å². The molecule has 2 aromatic heterocycles. The molecule has 3 aromatic rings. The van der Waals surface area contributed by atoms with Gasteiger partial charge in [-0.3, -0.25) is 0 Å². The lowest BCUT2D eigenvalue weighted by Gasteiger charge is -1.96. The first-order valence-electron chi connectivity index (χ1n) is 5.84. The fourth-order valence-electron chi connectivity index (χ4n) is 2.18. The minimum atomic E-state index is -0.320. The molecule has 0 bridgehead atoms. The van der Waals surface area contributed by atoms with Gasteiger partial charge >= 0.3 is 5.63 Å². The number of allylic oxidation sites excluding steroid dienone is 1. The van der Waals surface area contributed by atoms with Crippen molar-refractivity contribution in [3.8, 4) is 0 Å². The van der Waals surface area contributed by atoms with Crippen molar-refractivity contribution in [2.24, 2.45) is 0 Å². The van der Waals surface area contributed by atoms with Crippen LogP contribution in [0.4, 0.5) is 0 Å². The number of aromatic nitrogens is 1.